The molecular weight excluding hydrogens is 512 g/mol. The second-order valence-electron chi connectivity index (χ2n) is 7.79. The zero-order valence-electron chi connectivity index (χ0n) is 22.9. The topological polar surface area (TPSA) is 105 Å². The van der Waals surface area contributed by atoms with Crippen molar-refractivity contribution in [2.45, 2.75) is 6.42 Å². The van der Waals surface area contributed by atoms with Gasteiger partial charge in [-0.1, -0.05) is 72.2 Å². The Morgan fingerprint density at radius 2 is 1.18 bits per heavy atom. The number of ether oxygens (including phenoxy) is 4. The van der Waals surface area contributed by atoms with Crippen LogP contribution in [0.15, 0.2) is 85.5 Å². The van der Waals surface area contributed by atoms with E-state index in [1.165, 1.54) is 34.5 Å². The molecule has 0 saturated carbocycles. The molecule has 0 aliphatic carbocycles. The number of hydrogen-bond donors (Lipinski definition) is 0. The van der Waals surface area contributed by atoms with Crippen molar-refractivity contribution in [2.24, 2.45) is 17.8 Å². The fraction of sp³-hybridized carbons (Fsp3) is 0.250. The van der Waals surface area contributed by atoms with Gasteiger partial charge in [-0.05, 0) is 36.8 Å². The van der Waals surface area contributed by atoms with Crippen molar-refractivity contribution in [3.8, 4) is 23.7 Å². The minimum Gasteiger partial charge on any atom is -0.468 e. The van der Waals surface area contributed by atoms with Gasteiger partial charge in [-0.2, -0.15) is 0 Å². The standard InChI is InChI=1S/2C16H16O4/c1-19-15(17)14(16(18)20-2)12-8-4-7-11-13-9-5-3-6-10-13;1-4-13(11-10-12-8-6-5-7-9-12)14(15(17)19-2)16(18)20-3/h3-6,8-10,14H,12H2,1-2H3;4-9,13-14H,1H2,2-3H3/b8-4+;. The predicted molar refractivity (Wildman–Crippen MR) is 149 cm³/mol. The van der Waals surface area contributed by atoms with Gasteiger partial charge in [-0.15, -0.1) is 6.58 Å². The first-order valence-electron chi connectivity index (χ1n) is 12.0. The first kappa shape index (κ1) is 32.9. The number of carbonyl (C=O) groups is 4. The Kier molecular flexibility index (Phi) is 15.7. The Hall–Kier alpha value is -5.08. The van der Waals surface area contributed by atoms with E-state index in [4.69, 9.17) is 0 Å². The smallest absolute Gasteiger partial charge is 0.321 e. The van der Waals surface area contributed by atoms with Crippen LogP contribution >= 0.6 is 0 Å². The first-order valence-corrected chi connectivity index (χ1v) is 12.0. The maximum Gasteiger partial charge on any atom is 0.321 e. The van der Waals surface area contributed by atoms with Gasteiger partial charge in [0.05, 0.1) is 34.4 Å². The number of benzene rings is 2. The summed E-state index contributed by atoms with van der Waals surface area (Å²) in [6, 6.07) is 18.8. The molecule has 0 fully saturated rings. The van der Waals surface area contributed by atoms with Gasteiger partial charge in [0.15, 0.2) is 11.8 Å². The quantitative estimate of drug-likeness (QED) is 0.163. The number of esters is 4. The summed E-state index contributed by atoms with van der Waals surface area (Å²) in [6.07, 6.45) is 4.89. The van der Waals surface area contributed by atoms with E-state index < -0.39 is 41.6 Å². The van der Waals surface area contributed by atoms with Crippen molar-refractivity contribution in [2.75, 3.05) is 28.4 Å². The molecule has 8 nitrogen and oxygen atoms in total. The summed E-state index contributed by atoms with van der Waals surface area (Å²) in [5, 5.41) is 0. The summed E-state index contributed by atoms with van der Waals surface area (Å²) in [6.45, 7) is 3.61. The number of allylic oxidation sites excluding steroid dienone is 3. The third kappa shape index (κ3) is 11.5. The molecule has 0 bridgehead atoms. The molecule has 1 atom stereocenters. The summed E-state index contributed by atoms with van der Waals surface area (Å²) < 4.78 is 18.3. The van der Waals surface area contributed by atoms with Crippen LogP contribution in [0.1, 0.15) is 17.5 Å². The van der Waals surface area contributed by atoms with Crippen LogP contribution in [-0.4, -0.2) is 52.3 Å². The minimum atomic E-state index is -1.13. The third-order valence-corrected chi connectivity index (χ3v) is 5.21. The van der Waals surface area contributed by atoms with Gasteiger partial charge in [0.25, 0.3) is 0 Å². The molecule has 2 aromatic carbocycles. The monoisotopic (exact) mass is 544 g/mol. The SMILES string of the molecule is C=CC(C#Cc1ccccc1)C(C(=O)OC)C(=O)OC.COC(=O)C(C/C=C/C#Cc1ccccc1)C(=O)OC. The molecule has 0 N–H and O–H groups in total. The molecule has 40 heavy (non-hydrogen) atoms. The lowest BCUT2D eigenvalue weighted by Crippen LogP contribution is -2.32. The van der Waals surface area contributed by atoms with Gasteiger partial charge in [-0.25, -0.2) is 0 Å². The molecule has 1 unspecified atom stereocenters. The maximum absolute atomic E-state index is 11.7. The van der Waals surface area contributed by atoms with Gasteiger partial charge in [0, 0.05) is 11.1 Å². The summed E-state index contributed by atoms with van der Waals surface area (Å²) in [4.78, 5) is 46.2. The molecule has 2 aromatic rings. The van der Waals surface area contributed by atoms with Crippen molar-refractivity contribution in [3.63, 3.8) is 0 Å². The molecule has 0 radical (unpaired) electrons. The largest absolute Gasteiger partial charge is 0.468 e. The highest BCUT2D eigenvalue weighted by Gasteiger charge is 2.34. The zero-order valence-corrected chi connectivity index (χ0v) is 22.9. The third-order valence-electron chi connectivity index (χ3n) is 5.21. The lowest BCUT2D eigenvalue weighted by Gasteiger charge is -2.15. The van der Waals surface area contributed by atoms with Crippen LogP contribution in [0.5, 0.6) is 0 Å². The highest BCUT2D eigenvalue weighted by atomic mass is 16.5. The molecule has 0 spiro atoms. The Balaban J connectivity index is 0.000000400. The fourth-order valence-corrected chi connectivity index (χ4v) is 3.09. The number of rotatable bonds is 8. The lowest BCUT2D eigenvalue weighted by atomic mass is 9.92. The number of carbonyl (C=O) groups excluding carboxylic acids is 4. The van der Waals surface area contributed by atoms with Crippen LogP contribution in [0.25, 0.3) is 0 Å². The van der Waals surface area contributed by atoms with Crippen molar-refractivity contribution < 1.29 is 38.1 Å². The Morgan fingerprint density at radius 3 is 1.60 bits per heavy atom. The summed E-state index contributed by atoms with van der Waals surface area (Å²) in [7, 11) is 4.89. The average Bonchev–Trinajstić information content (AvgIpc) is 3.00. The molecule has 208 valence electrons. The van der Waals surface area contributed by atoms with Crippen molar-refractivity contribution in [1.82, 2.24) is 0 Å². The average molecular weight is 545 g/mol. The van der Waals surface area contributed by atoms with E-state index >= 15 is 0 Å². The lowest BCUT2D eigenvalue weighted by molar-refractivity contribution is -0.161. The second-order valence-corrected chi connectivity index (χ2v) is 7.79. The minimum absolute atomic E-state index is 0.197. The Morgan fingerprint density at radius 1 is 0.725 bits per heavy atom. The zero-order chi connectivity index (χ0) is 29.8. The van der Waals surface area contributed by atoms with Crippen molar-refractivity contribution >= 4 is 23.9 Å². The number of methoxy groups -OCH3 is 4. The van der Waals surface area contributed by atoms with E-state index in [0.29, 0.717) is 0 Å². The van der Waals surface area contributed by atoms with Crippen LogP contribution in [-0.2, 0) is 38.1 Å². The van der Waals surface area contributed by atoms with Crippen LogP contribution < -0.4 is 0 Å². The molecule has 0 aliphatic heterocycles. The molecule has 0 heterocycles. The highest BCUT2D eigenvalue weighted by molar-refractivity contribution is 5.96. The van der Waals surface area contributed by atoms with E-state index in [-0.39, 0.29) is 6.42 Å². The molecule has 0 aromatic heterocycles. The van der Waals surface area contributed by atoms with E-state index in [9.17, 15) is 19.2 Å². The van der Waals surface area contributed by atoms with E-state index in [1.807, 2.05) is 60.7 Å². The summed E-state index contributed by atoms with van der Waals surface area (Å²) in [5.41, 5.74) is 1.68. The van der Waals surface area contributed by atoms with Crippen LogP contribution in [0.3, 0.4) is 0 Å². The highest BCUT2D eigenvalue weighted by Crippen LogP contribution is 2.16. The van der Waals surface area contributed by atoms with Crippen LogP contribution in [0.4, 0.5) is 0 Å². The molecular formula is C32H32O8. The van der Waals surface area contributed by atoms with Gasteiger partial charge in [-0.3, -0.25) is 19.2 Å². The van der Waals surface area contributed by atoms with Gasteiger partial charge >= 0.3 is 23.9 Å². The molecule has 0 amide bonds. The van der Waals surface area contributed by atoms with Crippen molar-refractivity contribution in [1.29, 1.82) is 0 Å². The van der Waals surface area contributed by atoms with Crippen molar-refractivity contribution in [3.05, 3.63) is 96.6 Å². The van der Waals surface area contributed by atoms with Crippen LogP contribution in [0.2, 0.25) is 0 Å². The number of hydrogen-bond acceptors (Lipinski definition) is 8. The first-order chi connectivity index (χ1) is 19.3. The molecule has 2 rings (SSSR count). The predicted octanol–water partition coefficient (Wildman–Crippen LogP) is 3.75. The van der Waals surface area contributed by atoms with Gasteiger partial charge in [0.1, 0.15) is 0 Å². The van der Waals surface area contributed by atoms with E-state index in [1.54, 1.807) is 12.2 Å². The fourth-order valence-electron chi connectivity index (χ4n) is 3.09. The van der Waals surface area contributed by atoms with E-state index in [2.05, 4.69) is 49.2 Å². The van der Waals surface area contributed by atoms with Gasteiger partial charge < -0.3 is 18.9 Å². The Bertz CT molecular complexity index is 1240. The molecule has 8 heteroatoms. The van der Waals surface area contributed by atoms with Crippen LogP contribution in [0, 0.1) is 41.4 Å². The second kappa shape index (κ2) is 19.1. The van der Waals surface area contributed by atoms with E-state index in [0.717, 1.165) is 11.1 Å². The summed E-state index contributed by atoms with van der Waals surface area (Å²) >= 11 is 0. The molecule has 0 saturated heterocycles. The van der Waals surface area contributed by atoms with Gasteiger partial charge in [0.2, 0.25) is 0 Å². The Labute approximate surface area is 235 Å². The normalized spacial score (nSPS) is 10.4. The summed E-state index contributed by atoms with van der Waals surface area (Å²) in [5.74, 6) is 6.17. The maximum atomic E-state index is 11.7. The molecule has 0 aliphatic rings.